The van der Waals surface area contributed by atoms with Gasteiger partial charge in [-0.2, -0.15) is 22.0 Å². The second-order valence-electron chi connectivity index (χ2n) is 6.07. The highest BCUT2D eigenvalue weighted by molar-refractivity contribution is 6.03. The van der Waals surface area contributed by atoms with E-state index in [1.807, 2.05) is 0 Å². The fourth-order valence-electron chi connectivity index (χ4n) is 2.34. The molecule has 0 atom stereocenters. The monoisotopic (exact) mass is 428 g/mol. The van der Waals surface area contributed by atoms with Crippen molar-refractivity contribution in [2.45, 2.75) is 19.7 Å². The average Bonchev–Trinajstić information content (AvgIpc) is 2.66. The molecule has 5 nitrogen and oxygen atoms in total. The molecule has 0 saturated heterocycles. The van der Waals surface area contributed by atoms with E-state index in [4.69, 9.17) is 0 Å². The van der Waals surface area contributed by atoms with Crippen molar-refractivity contribution < 1.29 is 36.3 Å². The molecule has 0 bridgehead atoms. The Labute approximate surface area is 168 Å². The largest absolute Gasteiger partial charge is 0.434 e. The van der Waals surface area contributed by atoms with Crippen LogP contribution < -0.4 is 15.4 Å². The summed E-state index contributed by atoms with van der Waals surface area (Å²) >= 11 is 0. The van der Waals surface area contributed by atoms with Gasteiger partial charge in [-0.05, 0) is 36.8 Å². The molecular formula is C20H17F5N2O3. The standard InChI is InChI=1S/C20H17F5N2O3/c1-12-6-7-14(18(29)26-11-20(23,24)25)10-15(12)27-17(28)9-8-13-4-2-3-5-16(13)30-19(21)22/h2-10,19H,11H2,1H3,(H,26,29)(H,27,28)/b9-8+. The van der Waals surface area contributed by atoms with Gasteiger partial charge in [0.1, 0.15) is 12.3 Å². The number of rotatable bonds is 7. The lowest BCUT2D eigenvalue weighted by Gasteiger charge is -2.11. The van der Waals surface area contributed by atoms with Crippen molar-refractivity contribution in [3.05, 3.63) is 65.2 Å². The molecule has 0 heterocycles. The number of ether oxygens (including phenoxy) is 1. The predicted octanol–water partition coefficient (Wildman–Crippen LogP) is 4.54. The van der Waals surface area contributed by atoms with Gasteiger partial charge in [0.2, 0.25) is 5.91 Å². The molecule has 0 unspecified atom stereocenters. The second-order valence-corrected chi connectivity index (χ2v) is 6.07. The molecule has 0 spiro atoms. The first-order valence-electron chi connectivity index (χ1n) is 8.53. The first kappa shape index (κ1) is 22.9. The lowest BCUT2D eigenvalue weighted by Crippen LogP contribution is -2.33. The van der Waals surface area contributed by atoms with E-state index >= 15 is 0 Å². The van der Waals surface area contributed by atoms with Crippen LogP contribution in [0.2, 0.25) is 0 Å². The van der Waals surface area contributed by atoms with Gasteiger partial charge in [0.05, 0.1) is 0 Å². The first-order valence-corrected chi connectivity index (χ1v) is 8.53. The summed E-state index contributed by atoms with van der Waals surface area (Å²) < 4.78 is 66.0. The highest BCUT2D eigenvalue weighted by Gasteiger charge is 2.28. The Morgan fingerprint density at radius 3 is 2.50 bits per heavy atom. The zero-order chi connectivity index (χ0) is 22.3. The Kier molecular flexibility index (Phi) is 7.51. The van der Waals surface area contributed by atoms with Crippen molar-refractivity contribution in [1.29, 1.82) is 0 Å². The van der Waals surface area contributed by atoms with Crippen LogP contribution in [-0.2, 0) is 4.79 Å². The summed E-state index contributed by atoms with van der Waals surface area (Å²) in [6.07, 6.45) is -2.21. The van der Waals surface area contributed by atoms with Crippen LogP contribution in [0.3, 0.4) is 0 Å². The third-order valence-corrected chi connectivity index (χ3v) is 3.76. The molecule has 2 rings (SSSR count). The van der Waals surface area contributed by atoms with Crippen LogP contribution in [0.1, 0.15) is 21.5 Å². The van der Waals surface area contributed by atoms with Crippen molar-refractivity contribution in [3.63, 3.8) is 0 Å². The molecule has 0 fully saturated rings. The van der Waals surface area contributed by atoms with Crippen molar-refractivity contribution in [3.8, 4) is 5.75 Å². The summed E-state index contributed by atoms with van der Waals surface area (Å²) in [5.74, 6) is -1.70. The number of carbonyl (C=O) groups is 2. The van der Waals surface area contributed by atoms with E-state index in [0.29, 0.717) is 5.56 Å². The number of amides is 2. The van der Waals surface area contributed by atoms with Crippen LogP contribution in [0.5, 0.6) is 5.75 Å². The molecule has 10 heteroatoms. The van der Waals surface area contributed by atoms with Crippen LogP contribution in [-0.4, -0.2) is 31.1 Å². The Bertz CT molecular complexity index is 942. The molecule has 160 valence electrons. The highest BCUT2D eigenvalue weighted by atomic mass is 19.4. The van der Waals surface area contributed by atoms with E-state index in [9.17, 15) is 31.5 Å². The summed E-state index contributed by atoms with van der Waals surface area (Å²) in [4.78, 5) is 24.0. The fourth-order valence-corrected chi connectivity index (χ4v) is 2.34. The average molecular weight is 428 g/mol. The van der Waals surface area contributed by atoms with Crippen LogP contribution in [0.15, 0.2) is 48.5 Å². The maximum Gasteiger partial charge on any atom is 0.405 e. The third kappa shape index (κ3) is 7.19. The van der Waals surface area contributed by atoms with Gasteiger partial charge in [0.25, 0.3) is 5.91 Å². The lowest BCUT2D eigenvalue weighted by molar-refractivity contribution is -0.123. The summed E-state index contributed by atoms with van der Waals surface area (Å²) in [5, 5.41) is 4.23. The van der Waals surface area contributed by atoms with E-state index in [2.05, 4.69) is 10.1 Å². The summed E-state index contributed by atoms with van der Waals surface area (Å²) in [6.45, 7) is -2.88. The first-order chi connectivity index (χ1) is 14.0. The van der Waals surface area contributed by atoms with Crippen LogP contribution in [0, 0.1) is 6.92 Å². The Morgan fingerprint density at radius 1 is 1.13 bits per heavy atom. The second kappa shape index (κ2) is 9.86. The van der Waals surface area contributed by atoms with E-state index in [-0.39, 0.29) is 22.6 Å². The number of halogens is 5. The highest BCUT2D eigenvalue weighted by Crippen LogP contribution is 2.22. The smallest absolute Gasteiger partial charge is 0.405 e. The third-order valence-electron chi connectivity index (χ3n) is 3.76. The number of benzene rings is 2. The fraction of sp³-hybridized carbons (Fsp3) is 0.200. The molecule has 0 aromatic heterocycles. The lowest BCUT2D eigenvalue weighted by atomic mass is 10.1. The van der Waals surface area contributed by atoms with E-state index in [1.165, 1.54) is 42.5 Å². The van der Waals surface area contributed by atoms with Gasteiger partial charge in [0, 0.05) is 22.9 Å². The Morgan fingerprint density at radius 2 is 1.83 bits per heavy atom. The van der Waals surface area contributed by atoms with E-state index in [0.717, 1.165) is 6.08 Å². The SMILES string of the molecule is Cc1ccc(C(=O)NCC(F)(F)F)cc1NC(=O)/C=C/c1ccccc1OC(F)F. The number of para-hydroxylation sites is 1. The number of carbonyl (C=O) groups excluding carboxylic acids is 2. The molecule has 0 radical (unpaired) electrons. The zero-order valence-electron chi connectivity index (χ0n) is 15.6. The number of nitrogens with one attached hydrogen (secondary N) is 2. The van der Waals surface area contributed by atoms with Crippen molar-refractivity contribution in [1.82, 2.24) is 5.32 Å². The topological polar surface area (TPSA) is 67.4 Å². The van der Waals surface area contributed by atoms with Crippen molar-refractivity contribution in [2.24, 2.45) is 0 Å². The minimum atomic E-state index is -4.55. The maximum absolute atomic E-state index is 12.4. The number of anilines is 1. The van der Waals surface area contributed by atoms with Gasteiger partial charge >= 0.3 is 12.8 Å². The quantitative estimate of drug-likeness (QED) is 0.503. The number of alkyl halides is 5. The summed E-state index contributed by atoms with van der Waals surface area (Å²) in [5.41, 5.74) is 0.941. The van der Waals surface area contributed by atoms with Crippen molar-refractivity contribution >= 4 is 23.6 Å². The van der Waals surface area contributed by atoms with Crippen LogP contribution in [0.4, 0.5) is 27.6 Å². The van der Waals surface area contributed by atoms with Gasteiger partial charge in [-0.25, -0.2) is 0 Å². The summed E-state index contributed by atoms with van der Waals surface area (Å²) in [6, 6.07) is 9.88. The van der Waals surface area contributed by atoms with Gasteiger partial charge in [-0.3, -0.25) is 9.59 Å². The van der Waals surface area contributed by atoms with Gasteiger partial charge in [-0.15, -0.1) is 0 Å². The molecule has 0 aliphatic carbocycles. The normalized spacial score (nSPS) is 11.6. The molecule has 30 heavy (non-hydrogen) atoms. The minimum absolute atomic E-state index is 0.0696. The minimum Gasteiger partial charge on any atom is -0.434 e. The Hall–Kier alpha value is -3.43. The van der Waals surface area contributed by atoms with Gasteiger partial charge in [0.15, 0.2) is 0 Å². The number of hydrogen-bond donors (Lipinski definition) is 2. The molecule has 0 aliphatic rings. The molecule has 0 saturated carbocycles. The molecule has 2 N–H and O–H groups in total. The maximum atomic E-state index is 12.4. The molecule has 2 aromatic carbocycles. The van der Waals surface area contributed by atoms with E-state index in [1.54, 1.807) is 18.3 Å². The predicted molar refractivity (Wildman–Crippen MR) is 100 cm³/mol. The van der Waals surface area contributed by atoms with E-state index < -0.39 is 31.1 Å². The number of aryl methyl sites for hydroxylation is 1. The van der Waals surface area contributed by atoms with Crippen LogP contribution >= 0.6 is 0 Å². The molecule has 2 amide bonds. The molecular weight excluding hydrogens is 411 g/mol. The zero-order valence-corrected chi connectivity index (χ0v) is 15.6. The van der Waals surface area contributed by atoms with Gasteiger partial charge in [-0.1, -0.05) is 24.3 Å². The number of hydrogen-bond acceptors (Lipinski definition) is 3. The van der Waals surface area contributed by atoms with Crippen LogP contribution in [0.25, 0.3) is 6.08 Å². The van der Waals surface area contributed by atoms with Gasteiger partial charge < -0.3 is 15.4 Å². The Balaban J connectivity index is 2.10. The molecule has 2 aromatic rings. The summed E-state index contributed by atoms with van der Waals surface area (Å²) in [7, 11) is 0. The molecule has 0 aliphatic heterocycles. The van der Waals surface area contributed by atoms with Crippen molar-refractivity contribution in [2.75, 3.05) is 11.9 Å².